The van der Waals surface area contributed by atoms with Gasteiger partial charge >= 0.3 is 0 Å². The van der Waals surface area contributed by atoms with Crippen LogP contribution < -0.4 is 5.32 Å². The SMILES string of the molecule is CCCNc1cnccc1C(=O)N1CCC(O)C1. The van der Waals surface area contributed by atoms with Crippen LogP contribution in [0.15, 0.2) is 18.5 Å². The van der Waals surface area contributed by atoms with Crippen molar-refractivity contribution in [3.05, 3.63) is 24.0 Å². The van der Waals surface area contributed by atoms with Crippen LogP contribution in [0.5, 0.6) is 0 Å². The number of nitrogens with one attached hydrogen (secondary N) is 1. The van der Waals surface area contributed by atoms with E-state index in [0.717, 1.165) is 18.7 Å². The van der Waals surface area contributed by atoms with Gasteiger partial charge in [-0.1, -0.05) is 6.92 Å². The zero-order valence-electron chi connectivity index (χ0n) is 10.6. The minimum atomic E-state index is -0.386. The van der Waals surface area contributed by atoms with Crippen molar-refractivity contribution < 1.29 is 9.90 Å². The van der Waals surface area contributed by atoms with E-state index < -0.39 is 0 Å². The van der Waals surface area contributed by atoms with Crippen molar-refractivity contribution in [2.24, 2.45) is 0 Å². The molecule has 2 heterocycles. The van der Waals surface area contributed by atoms with Crippen LogP contribution in [0.4, 0.5) is 5.69 Å². The number of hydrogen-bond donors (Lipinski definition) is 2. The summed E-state index contributed by atoms with van der Waals surface area (Å²) in [6.45, 7) is 3.93. The lowest BCUT2D eigenvalue weighted by Crippen LogP contribution is -2.30. The molecule has 1 atom stereocenters. The number of nitrogens with zero attached hydrogens (tertiary/aromatic N) is 2. The predicted octanol–water partition coefficient (Wildman–Crippen LogP) is 1.11. The molecular formula is C13H19N3O2. The summed E-state index contributed by atoms with van der Waals surface area (Å²) in [4.78, 5) is 18.1. The third kappa shape index (κ3) is 2.79. The Morgan fingerprint density at radius 2 is 2.50 bits per heavy atom. The molecule has 1 unspecified atom stereocenters. The van der Waals surface area contributed by atoms with E-state index in [1.165, 1.54) is 0 Å². The van der Waals surface area contributed by atoms with Gasteiger partial charge in [-0.05, 0) is 18.9 Å². The van der Waals surface area contributed by atoms with Gasteiger partial charge in [-0.3, -0.25) is 9.78 Å². The molecule has 0 radical (unpaired) electrons. The van der Waals surface area contributed by atoms with Crippen molar-refractivity contribution in [1.29, 1.82) is 0 Å². The maximum absolute atomic E-state index is 12.3. The molecule has 0 spiro atoms. The number of carbonyl (C=O) groups excluding carboxylic acids is 1. The predicted molar refractivity (Wildman–Crippen MR) is 69.5 cm³/mol. The number of likely N-dealkylation sites (tertiary alicyclic amines) is 1. The van der Waals surface area contributed by atoms with E-state index >= 15 is 0 Å². The molecule has 0 aliphatic carbocycles. The summed E-state index contributed by atoms with van der Waals surface area (Å²) in [5, 5.41) is 12.7. The second-order valence-corrected chi connectivity index (χ2v) is 4.54. The van der Waals surface area contributed by atoms with Gasteiger partial charge in [-0.15, -0.1) is 0 Å². The summed E-state index contributed by atoms with van der Waals surface area (Å²) in [5.41, 5.74) is 1.40. The van der Waals surface area contributed by atoms with Crippen LogP contribution in [-0.2, 0) is 0 Å². The highest BCUT2D eigenvalue weighted by Gasteiger charge is 2.26. The second-order valence-electron chi connectivity index (χ2n) is 4.54. The first kappa shape index (κ1) is 12.8. The molecule has 1 aromatic rings. The van der Waals surface area contributed by atoms with Crippen molar-refractivity contribution in [2.45, 2.75) is 25.9 Å². The van der Waals surface area contributed by atoms with Crippen LogP contribution in [0.25, 0.3) is 0 Å². The molecule has 98 valence electrons. The van der Waals surface area contributed by atoms with Gasteiger partial charge < -0.3 is 15.3 Å². The third-order valence-electron chi connectivity index (χ3n) is 3.07. The first-order valence-corrected chi connectivity index (χ1v) is 6.37. The van der Waals surface area contributed by atoms with Gasteiger partial charge in [0.1, 0.15) is 0 Å². The molecule has 18 heavy (non-hydrogen) atoms. The highest BCUT2D eigenvalue weighted by atomic mass is 16.3. The van der Waals surface area contributed by atoms with Crippen LogP contribution >= 0.6 is 0 Å². The molecule has 5 nitrogen and oxygen atoms in total. The zero-order chi connectivity index (χ0) is 13.0. The molecule has 1 aliphatic heterocycles. The maximum atomic E-state index is 12.3. The fourth-order valence-electron chi connectivity index (χ4n) is 2.08. The molecule has 1 fully saturated rings. The van der Waals surface area contributed by atoms with Crippen molar-refractivity contribution in [2.75, 3.05) is 25.0 Å². The number of β-amino-alcohol motifs (C(OH)–C–C–N with tert-alkyl or cyclic N) is 1. The molecule has 1 aromatic heterocycles. The van der Waals surface area contributed by atoms with Crippen LogP contribution in [0, 0.1) is 0 Å². The molecule has 1 aliphatic rings. The van der Waals surface area contributed by atoms with E-state index in [2.05, 4.69) is 17.2 Å². The minimum Gasteiger partial charge on any atom is -0.391 e. The minimum absolute atomic E-state index is 0.0347. The standard InChI is InChI=1S/C13H19N3O2/c1-2-5-15-12-8-14-6-3-11(12)13(18)16-7-4-10(17)9-16/h3,6,8,10,15,17H,2,4-5,7,9H2,1H3. The molecule has 0 bridgehead atoms. The highest BCUT2D eigenvalue weighted by molar-refractivity contribution is 5.99. The normalized spacial score (nSPS) is 19.0. The molecule has 1 saturated heterocycles. The Hall–Kier alpha value is -1.62. The van der Waals surface area contributed by atoms with Crippen molar-refractivity contribution in [3.63, 3.8) is 0 Å². The molecule has 2 rings (SSSR count). The van der Waals surface area contributed by atoms with Crippen LogP contribution in [-0.4, -0.2) is 46.6 Å². The zero-order valence-corrected chi connectivity index (χ0v) is 10.6. The van der Waals surface area contributed by atoms with Gasteiger partial charge in [-0.2, -0.15) is 0 Å². The largest absolute Gasteiger partial charge is 0.391 e. The van der Waals surface area contributed by atoms with Gasteiger partial charge in [0.05, 0.1) is 23.6 Å². The van der Waals surface area contributed by atoms with Crippen LogP contribution in [0.1, 0.15) is 30.1 Å². The number of amides is 1. The average Bonchev–Trinajstić information content (AvgIpc) is 2.82. The average molecular weight is 249 g/mol. The number of pyridine rings is 1. The quantitative estimate of drug-likeness (QED) is 0.839. The van der Waals surface area contributed by atoms with Crippen LogP contribution in [0.2, 0.25) is 0 Å². The molecule has 5 heteroatoms. The Bertz CT molecular complexity index is 422. The summed E-state index contributed by atoms with van der Waals surface area (Å²) < 4.78 is 0. The highest BCUT2D eigenvalue weighted by Crippen LogP contribution is 2.19. The summed E-state index contributed by atoms with van der Waals surface area (Å²) in [7, 11) is 0. The van der Waals surface area contributed by atoms with Gasteiger partial charge in [-0.25, -0.2) is 0 Å². The van der Waals surface area contributed by atoms with E-state index in [1.54, 1.807) is 23.4 Å². The number of hydrogen-bond acceptors (Lipinski definition) is 4. The van der Waals surface area contributed by atoms with Gasteiger partial charge in [0.2, 0.25) is 0 Å². The summed E-state index contributed by atoms with van der Waals surface area (Å²) in [5.74, 6) is -0.0347. The Morgan fingerprint density at radius 3 is 3.17 bits per heavy atom. The Morgan fingerprint density at radius 1 is 1.67 bits per heavy atom. The lowest BCUT2D eigenvalue weighted by molar-refractivity contribution is 0.0766. The van der Waals surface area contributed by atoms with E-state index in [1.807, 2.05) is 0 Å². The van der Waals surface area contributed by atoms with E-state index in [9.17, 15) is 9.90 Å². The fraction of sp³-hybridized carbons (Fsp3) is 0.538. The number of rotatable bonds is 4. The van der Waals surface area contributed by atoms with Crippen LogP contribution in [0.3, 0.4) is 0 Å². The molecule has 2 N–H and O–H groups in total. The monoisotopic (exact) mass is 249 g/mol. The van der Waals surface area contributed by atoms with E-state index in [-0.39, 0.29) is 12.0 Å². The van der Waals surface area contributed by atoms with Gasteiger partial charge in [0, 0.05) is 25.8 Å². The fourth-order valence-corrected chi connectivity index (χ4v) is 2.08. The summed E-state index contributed by atoms with van der Waals surface area (Å²) >= 11 is 0. The Kier molecular flexibility index (Phi) is 4.15. The number of aliphatic hydroxyl groups excluding tert-OH is 1. The molecule has 0 aromatic carbocycles. The summed E-state index contributed by atoms with van der Waals surface area (Å²) in [6.07, 6.45) is 4.56. The van der Waals surface area contributed by atoms with Crippen molar-refractivity contribution in [3.8, 4) is 0 Å². The number of aromatic nitrogens is 1. The molecule has 0 saturated carbocycles. The smallest absolute Gasteiger partial charge is 0.256 e. The third-order valence-corrected chi connectivity index (χ3v) is 3.07. The maximum Gasteiger partial charge on any atom is 0.256 e. The summed E-state index contributed by atoms with van der Waals surface area (Å²) in [6, 6.07) is 1.73. The second kappa shape index (κ2) is 5.82. The van der Waals surface area contributed by atoms with Gasteiger partial charge in [0.15, 0.2) is 0 Å². The van der Waals surface area contributed by atoms with E-state index in [4.69, 9.17) is 0 Å². The Labute approximate surface area is 107 Å². The first-order valence-electron chi connectivity index (χ1n) is 6.37. The number of aliphatic hydroxyl groups is 1. The Balaban J connectivity index is 2.14. The van der Waals surface area contributed by atoms with Crippen molar-refractivity contribution >= 4 is 11.6 Å². The molecular weight excluding hydrogens is 230 g/mol. The number of anilines is 1. The lowest BCUT2D eigenvalue weighted by atomic mass is 10.2. The first-order chi connectivity index (χ1) is 8.72. The lowest BCUT2D eigenvalue weighted by Gasteiger charge is -2.18. The van der Waals surface area contributed by atoms with Gasteiger partial charge in [0.25, 0.3) is 5.91 Å². The molecule has 1 amide bonds. The number of carbonyl (C=O) groups is 1. The van der Waals surface area contributed by atoms with E-state index in [0.29, 0.717) is 25.1 Å². The topological polar surface area (TPSA) is 65.5 Å². The van der Waals surface area contributed by atoms with Crippen molar-refractivity contribution in [1.82, 2.24) is 9.88 Å².